The fourth-order valence-electron chi connectivity index (χ4n) is 7.23. The fraction of sp³-hybridized carbons (Fsp3) is 0.586. The molecule has 4 bridgehead atoms. The van der Waals surface area contributed by atoms with Crippen LogP contribution in [-0.4, -0.2) is 48.9 Å². The molecule has 1 unspecified atom stereocenters. The van der Waals surface area contributed by atoms with Crippen LogP contribution in [0.25, 0.3) is 0 Å². The highest BCUT2D eigenvalue weighted by molar-refractivity contribution is 7.90. The van der Waals surface area contributed by atoms with Crippen molar-refractivity contribution in [3.63, 3.8) is 0 Å². The van der Waals surface area contributed by atoms with Crippen LogP contribution in [0.3, 0.4) is 0 Å². The average molecular weight is 567 g/mol. The standard InChI is InChI=1S/C29H38N6O4S/c1-28(2,3)39-27(36)34-24-20-9-18-10-21(24)13-29(11-18,12-20)17-33-25-22(14-30)16-32-26(35-25)31-15-19-7-5-6-8-23(19)40(4,37)38/h5-8,16,18,20-21,24H,9-13,15,17H2,1-4H3,(H,34,36)(H2,31,32,33,35)/t18?,20-,21+,24+,29-. The van der Waals surface area contributed by atoms with Gasteiger partial charge in [0.05, 0.1) is 11.1 Å². The van der Waals surface area contributed by atoms with Crippen molar-refractivity contribution in [2.45, 2.75) is 76.0 Å². The molecule has 5 atom stereocenters. The van der Waals surface area contributed by atoms with Crippen molar-refractivity contribution in [2.75, 3.05) is 23.4 Å². The Morgan fingerprint density at radius 1 is 1.15 bits per heavy atom. The minimum atomic E-state index is -3.37. The zero-order chi connectivity index (χ0) is 28.7. The number of nitriles is 1. The average Bonchev–Trinajstić information content (AvgIpc) is 2.86. The molecule has 40 heavy (non-hydrogen) atoms. The molecular weight excluding hydrogens is 528 g/mol. The molecule has 0 aliphatic heterocycles. The number of hydrogen-bond acceptors (Lipinski definition) is 9. The molecule has 11 heteroatoms. The highest BCUT2D eigenvalue weighted by atomic mass is 32.2. The summed E-state index contributed by atoms with van der Waals surface area (Å²) in [5, 5.41) is 19.5. The van der Waals surface area contributed by atoms with Crippen LogP contribution in [0.2, 0.25) is 0 Å². The van der Waals surface area contributed by atoms with Gasteiger partial charge in [-0.3, -0.25) is 0 Å². The van der Waals surface area contributed by atoms with Crippen LogP contribution in [0.4, 0.5) is 16.6 Å². The Morgan fingerprint density at radius 3 is 2.50 bits per heavy atom. The summed E-state index contributed by atoms with van der Waals surface area (Å²) in [7, 11) is -3.37. The summed E-state index contributed by atoms with van der Waals surface area (Å²) in [4.78, 5) is 21.6. The molecule has 4 aliphatic rings. The predicted octanol–water partition coefficient (Wildman–Crippen LogP) is 4.50. The van der Waals surface area contributed by atoms with Crippen LogP contribution in [0, 0.1) is 34.5 Å². The first-order valence-electron chi connectivity index (χ1n) is 13.9. The lowest BCUT2D eigenvalue weighted by Crippen LogP contribution is -2.60. The van der Waals surface area contributed by atoms with E-state index in [1.54, 1.807) is 24.3 Å². The van der Waals surface area contributed by atoms with Crippen molar-refractivity contribution < 1.29 is 17.9 Å². The number of carbonyl (C=O) groups is 1. The molecule has 0 saturated heterocycles. The van der Waals surface area contributed by atoms with Gasteiger partial charge in [0, 0.05) is 25.4 Å². The summed E-state index contributed by atoms with van der Waals surface area (Å²) >= 11 is 0. The molecule has 1 aromatic carbocycles. The summed E-state index contributed by atoms with van der Waals surface area (Å²) in [5.41, 5.74) is 0.538. The Hall–Kier alpha value is -3.39. The number of alkyl carbamates (subject to hydrolysis) is 1. The highest BCUT2D eigenvalue weighted by Crippen LogP contribution is 2.60. The Kier molecular flexibility index (Phi) is 7.42. The van der Waals surface area contributed by atoms with Crippen molar-refractivity contribution in [2.24, 2.45) is 23.2 Å². The smallest absolute Gasteiger partial charge is 0.407 e. The number of amides is 1. The number of sulfone groups is 1. The minimum Gasteiger partial charge on any atom is -0.444 e. The number of carbonyl (C=O) groups excluding carboxylic acids is 1. The van der Waals surface area contributed by atoms with Gasteiger partial charge < -0.3 is 20.7 Å². The topological polar surface area (TPSA) is 146 Å². The van der Waals surface area contributed by atoms with Crippen LogP contribution in [-0.2, 0) is 21.1 Å². The number of benzene rings is 1. The fourth-order valence-corrected chi connectivity index (χ4v) is 8.17. The van der Waals surface area contributed by atoms with Crippen LogP contribution in [0.1, 0.15) is 64.0 Å². The zero-order valence-electron chi connectivity index (χ0n) is 23.5. The molecular formula is C29H38N6O4S. The van der Waals surface area contributed by atoms with Crippen LogP contribution in [0.15, 0.2) is 35.4 Å². The van der Waals surface area contributed by atoms with E-state index in [1.165, 1.54) is 12.5 Å². The molecule has 4 fully saturated rings. The quantitative estimate of drug-likeness (QED) is 0.420. The van der Waals surface area contributed by atoms with Gasteiger partial charge in [-0.05, 0) is 87.7 Å². The maximum Gasteiger partial charge on any atom is 0.407 e. The maximum absolute atomic E-state index is 12.5. The second-order valence-electron chi connectivity index (χ2n) is 12.8. The zero-order valence-corrected chi connectivity index (χ0v) is 24.3. The highest BCUT2D eigenvalue weighted by Gasteiger charge is 2.55. The molecule has 2 aromatic rings. The lowest BCUT2D eigenvalue weighted by Gasteiger charge is -2.60. The van der Waals surface area contributed by atoms with Crippen molar-refractivity contribution in [1.82, 2.24) is 15.3 Å². The lowest BCUT2D eigenvalue weighted by atomic mass is 9.48. The van der Waals surface area contributed by atoms with Gasteiger partial charge in [-0.15, -0.1) is 0 Å². The summed E-state index contributed by atoms with van der Waals surface area (Å²) < 4.78 is 29.8. The van der Waals surface area contributed by atoms with Crippen molar-refractivity contribution >= 4 is 27.7 Å². The monoisotopic (exact) mass is 566 g/mol. The first kappa shape index (κ1) is 28.1. The Morgan fingerprint density at radius 2 is 1.85 bits per heavy atom. The number of rotatable bonds is 8. The number of nitrogens with zero attached hydrogens (tertiary/aromatic N) is 3. The first-order valence-corrected chi connectivity index (χ1v) is 15.8. The second kappa shape index (κ2) is 10.5. The maximum atomic E-state index is 12.5. The SMILES string of the molecule is CC(C)(C)OC(=O)N[C@H]1[C@@H]2CC3C[C@H]1C[C@@](CNc1nc(NCc4ccccc4S(C)(=O)=O)ncc1C#N)(C3)C2. The Labute approximate surface area is 236 Å². The number of nitrogens with one attached hydrogen (secondary N) is 3. The molecule has 0 spiro atoms. The van der Waals surface area contributed by atoms with E-state index in [4.69, 9.17) is 4.74 Å². The second-order valence-corrected chi connectivity index (χ2v) is 14.8. The van der Waals surface area contributed by atoms with Crippen molar-refractivity contribution in [1.29, 1.82) is 5.26 Å². The van der Waals surface area contributed by atoms with E-state index in [0.717, 1.165) is 32.1 Å². The van der Waals surface area contributed by atoms with Crippen LogP contribution < -0.4 is 16.0 Å². The molecule has 3 N–H and O–H groups in total. The summed E-state index contributed by atoms with van der Waals surface area (Å²) in [6.45, 7) is 6.56. The summed E-state index contributed by atoms with van der Waals surface area (Å²) in [6, 6.07) is 9.13. The molecule has 1 aromatic heterocycles. The van der Waals surface area contributed by atoms with Crippen LogP contribution in [0.5, 0.6) is 0 Å². The summed E-state index contributed by atoms with van der Waals surface area (Å²) in [6.07, 6.45) is 7.73. The largest absolute Gasteiger partial charge is 0.444 e. The molecule has 0 radical (unpaired) electrons. The number of anilines is 2. The van der Waals surface area contributed by atoms with Crippen LogP contribution >= 0.6 is 0 Å². The van der Waals surface area contributed by atoms with Crippen molar-refractivity contribution in [3.8, 4) is 6.07 Å². The third kappa shape index (κ3) is 6.17. The Balaban J connectivity index is 1.26. The Bertz CT molecular complexity index is 1410. The van der Waals surface area contributed by atoms with E-state index in [2.05, 4.69) is 32.0 Å². The molecule has 214 valence electrons. The molecule has 1 heterocycles. The van der Waals surface area contributed by atoms with Gasteiger partial charge >= 0.3 is 6.09 Å². The van der Waals surface area contributed by atoms with E-state index in [1.807, 2.05) is 20.8 Å². The van der Waals surface area contributed by atoms with E-state index < -0.39 is 15.4 Å². The molecule has 4 aliphatic carbocycles. The van der Waals surface area contributed by atoms with Gasteiger partial charge in [0.1, 0.15) is 23.1 Å². The predicted molar refractivity (Wildman–Crippen MR) is 151 cm³/mol. The normalized spacial score (nSPS) is 27.1. The summed E-state index contributed by atoms with van der Waals surface area (Å²) in [5.74, 6) is 2.25. The third-order valence-electron chi connectivity index (χ3n) is 8.43. The van der Waals surface area contributed by atoms with E-state index in [-0.39, 0.29) is 29.0 Å². The van der Waals surface area contributed by atoms with Gasteiger partial charge in [0.15, 0.2) is 9.84 Å². The van der Waals surface area contributed by atoms with E-state index >= 15 is 0 Å². The number of aromatic nitrogens is 2. The number of hydrogen-bond donors (Lipinski definition) is 3. The van der Waals surface area contributed by atoms with Gasteiger partial charge in [-0.25, -0.2) is 18.2 Å². The number of ether oxygens (including phenoxy) is 1. The van der Waals surface area contributed by atoms with E-state index in [9.17, 15) is 18.5 Å². The molecule has 10 nitrogen and oxygen atoms in total. The van der Waals surface area contributed by atoms with Gasteiger partial charge in [0.25, 0.3) is 0 Å². The first-order chi connectivity index (χ1) is 18.8. The van der Waals surface area contributed by atoms with Gasteiger partial charge in [-0.1, -0.05) is 18.2 Å². The molecule has 6 rings (SSSR count). The molecule has 1 amide bonds. The van der Waals surface area contributed by atoms with Crippen molar-refractivity contribution in [3.05, 3.63) is 41.6 Å². The van der Waals surface area contributed by atoms with Gasteiger partial charge in [0.2, 0.25) is 5.95 Å². The van der Waals surface area contributed by atoms with E-state index in [0.29, 0.717) is 47.2 Å². The lowest BCUT2D eigenvalue weighted by molar-refractivity contribution is -0.0703. The molecule has 4 saturated carbocycles. The third-order valence-corrected chi connectivity index (χ3v) is 9.63. The van der Waals surface area contributed by atoms with Gasteiger partial charge in [-0.2, -0.15) is 10.2 Å². The minimum absolute atomic E-state index is 0.0856.